The molecule has 3 amide bonds. The lowest BCUT2D eigenvalue weighted by Crippen LogP contribution is -2.56. The van der Waals surface area contributed by atoms with Crippen molar-refractivity contribution in [3.8, 4) is 28.3 Å². The number of aromatic amines is 2. The zero-order valence-corrected chi connectivity index (χ0v) is 42.3. The summed E-state index contributed by atoms with van der Waals surface area (Å²) in [6.45, 7) is 3.48. The molecule has 386 valence electrons. The van der Waals surface area contributed by atoms with E-state index < -0.39 is 36.6 Å². The van der Waals surface area contributed by atoms with E-state index >= 15 is 0 Å². The van der Waals surface area contributed by atoms with Crippen LogP contribution in [0.4, 0.5) is 9.59 Å². The summed E-state index contributed by atoms with van der Waals surface area (Å²) in [6.07, 6.45) is 9.52. The number of likely N-dealkylation sites (tertiary alicyclic amines) is 2. The minimum absolute atomic E-state index is 0.0389. The Morgan fingerprint density at radius 1 is 0.784 bits per heavy atom. The van der Waals surface area contributed by atoms with Gasteiger partial charge in [-0.15, -0.1) is 11.3 Å². The summed E-state index contributed by atoms with van der Waals surface area (Å²) in [7, 11) is 2.65. The first-order valence-corrected chi connectivity index (χ1v) is 26.8. The maximum Gasteiger partial charge on any atom is 0.407 e. The third-order valence-electron chi connectivity index (χ3n) is 16.1. The van der Waals surface area contributed by atoms with Gasteiger partial charge in [-0.25, -0.2) is 24.5 Å². The molecule has 3 aromatic carbocycles. The molecule has 1 aliphatic carbocycles. The normalized spacial score (nSPS) is 23.3. The van der Waals surface area contributed by atoms with E-state index in [0.29, 0.717) is 58.2 Å². The number of alkyl carbamates (subject to hydrolysis) is 2. The highest BCUT2D eigenvalue weighted by Gasteiger charge is 2.44. The molecule has 7 atom stereocenters. The van der Waals surface area contributed by atoms with Crippen LogP contribution in [0.1, 0.15) is 109 Å². The number of aliphatic hydroxyl groups excluding tert-OH is 1. The summed E-state index contributed by atoms with van der Waals surface area (Å²) >= 11 is 1.65. The Hall–Kier alpha value is -6.64. The number of hydrogen-bond acceptors (Lipinski definition) is 14. The molecule has 0 radical (unpaired) electrons. The quantitative estimate of drug-likeness (QED) is 0.0781. The Labute approximate surface area is 432 Å². The van der Waals surface area contributed by atoms with E-state index in [1.165, 1.54) is 14.2 Å². The zero-order valence-electron chi connectivity index (χ0n) is 41.5. The molecule has 74 heavy (non-hydrogen) atoms. The van der Waals surface area contributed by atoms with Crippen molar-refractivity contribution in [3.63, 3.8) is 0 Å². The third-order valence-corrected chi connectivity index (χ3v) is 17.2. The molecule has 4 fully saturated rings. The average Bonchev–Trinajstić information content (AvgIpc) is 4.31. The van der Waals surface area contributed by atoms with E-state index in [2.05, 4.69) is 69.1 Å². The smallest absolute Gasteiger partial charge is 0.407 e. The van der Waals surface area contributed by atoms with Gasteiger partial charge in [0.1, 0.15) is 34.7 Å². The van der Waals surface area contributed by atoms with E-state index in [1.54, 1.807) is 11.3 Å². The van der Waals surface area contributed by atoms with E-state index in [9.17, 15) is 19.5 Å². The van der Waals surface area contributed by atoms with Crippen molar-refractivity contribution in [2.24, 2.45) is 11.8 Å². The van der Waals surface area contributed by atoms with Gasteiger partial charge in [0.15, 0.2) is 6.10 Å². The molecule has 3 aromatic heterocycles. The molecule has 6 aromatic rings. The maximum absolute atomic E-state index is 14.3. The number of para-hydroxylation sites is 1. The standard InChI is InChI=1S/C55H61N9O9S/c1-69-54(67)61-46(30-15-21-71-22-16-30)52(65)63-19-5-8-41(63)49-56-28-39(58-49)32-11-13-35-34(25-32)26-37-36-14-12-33(27-43(36)73-48(45(35)37)51-60-38-7-3-4-10-44(38)74-51)40-29-57-50(59-40)42-9-6-20-64(42)53(66)47(62-55(68)70-2)31-17-23-72-24-18-31/h3-4,7,10-14,25-31,41-42,45-48,53,66H,5-6,8-9,15-24H2,1-2H3,(H,56,58)(H,57,59)(H,61,67)(H,62,68)/t41-,42-,45-,46?,47+,48+,53?/m0/s1. The molecule has 19 heteroatoms. The van der Waals surface area contributed by atoms with Crippen LogP contribution in [-0.4, -0.2) is 130 Å². The second-order valence-electron chi connectivity index (χ2n) is 20.2. The number of benzene rings is 3. The van der Waals surface area contributed by atoms with Crippen LogP contribution < -0.4 is 15.4 Å². The summed E-state index contributed by atoms with van der Waals surface area (Å²) in [6, 6.07) is 19.3. The predicted molar refractivity (Wildman–Crippen MR) is 276 cm³/mol. The SMILES string of the molecule is COC(=O)NC(C(=O)N1CCC[C@H]1c1ncc(-c2ccc3c(c2)C=C2c4ccc(-c5cnc([C@@H]6CCCN6C(O)[C@H](NC(=O)OC)C6CCOCC6)[nH]5)cc4O[C@@H](c4nc5ccccc5s4)[C@H]23)[nH]1)C1CCOCC1. The fourth-order valence-electron chi connectivity index (χ4n) is 12.3. The molecule has 8 heterocycles. The van der Waals surface area contributed by atoms with Gasteiger partial charge in [0, 0.05) is 56.2 Å². The largest absolute Gasteiger partial charge is 0.482 e. The molecule has 6 aliphatic rings. The molecule has 12 rings (SSSR count). The topological polar surface area (TPSA) is 218 Å². The van der Waals surface area contributed by atoms with E-state index in [0.717, 1.165) is 110 Å². The van der Waals surface area contributed by atoms with Crippen molar-refractivity contribution in [2.75, 3.05) is 53.7 Å². The van der Waals surface area contributed by atoms with Crippen molar-refractivity contribution in [3.05, 3.63) is 106 Å². The van der Waals surface area contributed by atoms with Crippen molar-refractivity contribution in [1.82, 2.24) is 45.4 Å². The van der Waals surface area contributed by atoms with Gasteiger partial charge in [-0.05, 0) is 110 Å². The number of thiazole rings is 1. The highest BCUT2D eigenvalue weighted by Crippen LogP contribution is 2.57. The molecule has 5 aliphatic heterocycles. The van der Waals surface area contributed by atoms with Crippen LogP contribution in [0.15, 0.2) is 73.1 Å². The number of fused-ring (bicyclic) bond motifs is 6. The number of hydrogen-bond donors (Lipinski definition) is 5. The first kappa shape index (κ1) is 48.3. The number of carbonyl (C=O) groups is 3. The molecule has 4 saturated heterocycles. The highest BCUT2D eigenvalue weighted by atomic mass is 32.1. The molecule has 0 spiro atoms. The van der Waals surface area contributed by atoms with E-state index in [-0.39, 0.29) is 35.7 Å². The number of amides is 3. The Morgan fingerprint density at radius 2 is 1.45 bits per heavy atom. The number of nitrogens with zero attached hydrogens (tertiary/aromatic N) is 5. The van der Waals surface area contributed by atoms with Crippen molar-refractivity contribution >= 4 is 51.3 Å². The van der Waals surface area contributed by atoms with Crippen molar-refractivity contribution in [2.45, 2.75) is 93.8 Å². The van der Waals surface area contributed by atoms with Gasteiger partial charge >= 0.3 is 12.2 Å². The van der Waals surface area contributed by atoms with Crippen LogP contribution in [0.3, 0.4) is 0 Å². The van der Waals surface area contributed by atoms with Gasteiger partial charge in [-0.1, -0.05) is 36.4 Å². The van der Waals surface area contributed by atoms with Gasteiger partial charge < -0.3 is 54.3 Å². The number of aromatic nitrogens is 5. The number of methoxy groups -OCH3 is 2. The zero-order chi connectivity index (χ0) is 50.5. The number of nitrogens with one attached hydrogen (secondary N) is 4. The minimum atomic E-state index is -0.945. The van der Waals surface area contributed by atoms with Gasteiger partial charge in [-0.3, -0.25) is 9.69 Å². The third kappa shape index (κ3) is 9.11. The van der Waals surface area contributed by atoms with Gasteiger partial charge in [0.25, 0.3) is 0 Å². The first-order valence-electron chi connectivity index (χ1n) is 25.9. The number of carbonyl (C=O) groups excluding carboxylic acids is 3. The Bertz CT molecular complexity index is 3050. The summed E-state index contributed by atoms with van der Waals surface area (Å²) < 4.78 is 29.3. The van der Waals surface area contributed by atoms with Crippen molar-refractivity contribution in [1.29, 1.82) is 0 Å². The lowest BCUT2D eigenvalue weighted by Gasteiger charge is -2.39. The van der Waals surface area contributed by atoms with Crippen molar-refractivity contribution < 1.29 is 43.2 Å². The molecule has 0 saturated carbocycles. The lowest BCUT2D eigenvalue weighted by molar-refractivity contribution is -0.136. The number of aliphatic hydroxyl groups is 1. The summed E-state index contributed by atoms with van der Waals surface area (Å²) in [5.74, 6) is 1.96. The fourth-order valence-corrected chi connectivity index (χ4v) is 13.3. The summed E-state index contributed by atoms with van der Waals surface area (Å²) in [5, 5.41) is 18.6. The second kappa shape index (κ2) is 20.6. The summed E-state index contributed by atoms with van der Waals surface area (Å²) in [4.78, 5) is 65.2. The molecule has 5 N–H and O–H groups in total. The Morgan fingerprint density at radius 3 is 2.19 bits per heavy atom. The molecule has 2 unspecified atom stereocenters. The van der Waals surface area contributed by atoms with E-state index in [1.807, 2.05) is 40.4 Å². The number of imidazole rings is 2. The monoisotopic (exact) mass is 1020 g/mol. The van der Waals surface area contributed by atoms with Crippen LogP contribution in [0, 0.1) is 11.8 Å². The maximum atomic E-state index is 14.3. The Balaban J connectivity index is 0.824. The average molecular weight is 1020 g/mol. The fraction of sp³-hybridized carbons (Fsp3) is 0.455. The van der Waals surface area contributed by atoms with Crippen LogP contribution in [0.25, 0.3) is 44.4 Å². The van der Waals surface area contributed by atoms with E-state index in [4.69, 9.17) is 38.6 Å². The first-order chi connectivity index (χ1) is 36.2. The molecular weight excluding hydrogens is 963 g/mol. The van der Waals surface area contributed by atoms with Crippen LogP contribution >= 0.6 is 11.3 Å². The van der Waals surface area contributed by atoms with Crippen LogP contribution in [0.5, 0.6) is 5.75 Å². The molecular formula is C55H61N9O9S. The Kier molecular flexibility index (Phi) is 13.4. The molecule has 0 bridgehead atoms. The minimum Gasteiger partial charge on any atom is -0.482 e. The predicted octanol–water partition coefficient (Wildman–Crippen LogP) is 8.27. The number of H-pyrrole nitrogens is 2. The molecule has 18 nitrogen and oxygen atoms in total. The lowest BCUT2D eigenvalue weighted by atomic mass is 9.83. The van der Waals surface area contributed by atoms with Crippen LogP contribution in [0.2, 0.25) is 0 Å². The summed E-state index contributed by atoms with van der Waals surface area (Å²) in [5.41, 5.74) is 8.88. The van der Waals surface area contributed by atoms with Gasteiger partial charge in [0.05, 0.1) is 72.3 Å². The second-order valence-corrected chi connectivity index (χ2v) is 21.3. The number of rotatable bonds is 12. The van der Waals surface area contributed by atoms with Crippen LogP contribution in [-0.2, 0) is 23.7 Å². The van der Waals surface area contributed by atoms with Gasteiger partial charge in [-0.2, -0.15) is 0 Å². The number of ether oxygens (including phenoxy) is 5. The van der Waals surface area contributed by atoms with Gasteiger partial charge in [0.2, 0.25) is 5.91 Å². The highest BCUT2D eigenvalue weighted by molar-refractivity contribution is 7.18.